The molecule has 1 amide bonds. The molecule has 0 N–H and O–H groups in total. The molecule has 0 bridgehead atoms. The molecule has 5 heteroatoms. The molecular formula is C16H13BrFNO2. The monoisotopic (exact) mass is 349 g/mol. The zero-order chi connectivity index (χ0) is 14.8. The number of ether oxygens (including phenoxy) is 1. The lowest BCUT2D eigenvalue weighted by Gasteiger charge is -2.20. The molecule has 1 aliphatic rings. The molecular weight excluding hydrogens is 337 g/mol. The summed E-state index contributed by atoms with van der Waals surface area (Å²) in [6.07, 6.45) is 0. The Labute approximate surface area is 130 Å². The van der Waals surface area contributed by atoms with E-state index >= 15 is 0 Å². The Balaban J connectivity index is 1.93. The lowest BCUT2D eigenvalue weighted by Crippen LogP contribution is -2.31. The Morgan fingerprint density at radius 2 is 2.00 bits per heavy atom. The van der Waals surface area contributed by atoms with Crippen LogP contribution in [0.2, 0.25) is 0 Å². The fourth-order valence-corrected chi connectivity index (χ4v) is 2.78. The lowest BCUT2D eigenvalue weighted by molar-refractivity contribution is 0.0743. The van der Waals surface area contributed by atoms with Crippen molar-refractivity contribution < 1.29 is 13.9 Å². The number of hydrogen-bond acceptors (Lipinski definition) is 2. The fourth-order valence-electron chi connectivity index (χ4n) is 2.35. The molecule has 21 heavy (non-hydrogen) atoms. The van der Waals surface area contributed by atoms with Crippen LogP contribution in [-0.2, 0) is 6.54 Å². The van der Waals surface area contributed by atoms with Gasteiger partial charge in [0.05, 0.1) is 12.1 Å². The van der Waals surface area contributed by atoms with Crippen molar-refractivity contribution in [1.82, 2.24) is 4.90 Å². The molecule has 0 saturated heterocycles. The van der Waals surface area contributed by atoms with Crippen LogP contribution in [0.5, 0.6) is 5.75 Å². The van der Waals surface area contributed by atoms with Gasteiger partial charge in [0, 0.05) is 11.0 Å². The van der Waals surface area contributed by atoms with Gasteiger partial charge >= 0.3 is 0 Å². The van der Waals surface area contributed by atoms with Crippen molar-refractivity contribution in [3.05, 3.63) is 63.9 Å². The Morgan fingerprint density at radius 3 is 2.76 bits per heavy atom. The zero-order valence-electron chi connectivity index (χ0n) is 11.2. The van der Waals surface area contributed by atoms with E-state index in [0.29, 0.717) is 17.6 Å². The van der Waals surface area contributed by atoms with Crippen LogP contribution in [0.25, 0.3) is 0 Å². The molecule has 0 spiro atoms. The van der Waals surface area contributed by atoms with Gasteiger partial charge in [-0.15, -0.1) is 0 Å². The van der Waals surface area contributed by atoms with Crippen LogP contribution in [0.4, 0.5) is 4.39 Å². The maximum absolute atomic E-state index is 13.9. The Kier molecular flexibility index (Phi) is 3.92. The fraction of sp³-hybridized carbons (Fsp3) is 0.188. The molecule has 0 fully saturated rings. The molecule has 0 aliphatic carbocycles. The second kappa shape index (κ2) is 5.85. The average molecular weight is 350 g/mol. The smallest absolute Gasteiger partial charge is 0.258 e. The number of carbonyl (C=O) groups is 1. The van der Waals surface area contributed by atoms with E-state index < -0.39 is 5.82 Å². The summed E-state index contributed by atoms with van der Waals surface area (Å²) in [7, 11) is 0. The summed E-state index contributed by atoms with van der Waals surface area (Å²) in [5.74, 6) is -0.695. The summed E-state index contributed by atoms with van der Waals surface area (Å²) in [5.41, 5.74) is 1.29. The quantitative estimate of drug-likeness (QED) is 0.828. The molecule has 3 nitrogen and oxygen atoms in total. The third-order valence-corrected chi connectivity index (χ3v) is 3.81. The van der Waals surface area contributed by atoms with E-state index in [1.54, 1.807) is 11.0 Å². The molecule has 0 aromatic heterocycles. The van der Waals surface area contributed by atoms with Gasteiger partial charge in [-0.05, 0) is 17.7 Å². The van der Waals surface area contributed by atoms with Crippen molar-refractivity contribution in [2.45, 2.75) is 6.54 Å². The van der Waals surface area contributed by atoms with Crippen molar-refractivity contribution in [2.75, 3.05) is 13.2 Å². The number of fused-ring (bicyclic) bond motifs is 1. The van der Waals surface area contributed by atoms with Crippen molar-refractivity contribution in [3.63, 3.8) is 0 Å². The van der Waals surface area contributed by atoms with Crippen LogP contribution in [0.15, 0.2) is 46.9 Å². The third kappa shape index (κ3) is 2.93. The van der Waals surface area contributed by atoms with Gasteiger partial charge in [-0.25, -0.2) is 4.39 Å². The summed E-state index contributed by atoms with van der Waals surface area (Å²) >= 11 is 3.21. The number of rotatable bonds is 2. The topological polar surface area (TPSA) is 29.5 Å². The summed E-state index contributed by atoms with van der Waals surface area (Å²) in [5, 5.41) is 0. The molecule has 0 radical (unpaired) electrons. The summed E-state index contributed by atoms with van der Waals surface area (Å²) < 4.78 is 19.9. The highest BCUT2D eigenvalue weighted by Gasteiger charge is 2.26. The van der Waals surface area contributed by atoms with Crippen LogP contribution < -0.4 is 4.74 Å². The van der Waals surface area contributed by atoms with E-state index in [4.69, 9.17) is 4.74 Å². The normalized spacial score (nSPS) is 14.4. The predicted octanol–water partition coefficient (Wildman–Crippen LogP) is 3.62. The number of benzene rings is 2. The molecule has 108 valence electrons. The van der Waals surface area contributed by atoms with Crippen molar-refractivity contribution in [3.8, 4) is 5.75 Å². The molecule has 1 aliphatic heterocycles. The Hall–Kier alpha value is -1.88. The van der Waals surface area contributed by atoms with Gasteiger partial charge in [0.15, 0.2) is 11.6 Å². The van der Waals surface area contributed by atoms with Gasteiger partial charge in [0.2, 0.25) is 0 Å². The Bertz CT molecular complexity index is 675. The molecule has 0 saturated carbocycles. The minimum absolute atomic E-state index is 0.0405. The minimum Gasteiger partial charge on any atom is -0.488 e. The third-order valence-electron chi connectivity index (χ3n) is 3.35. The van der Waals surface area contributed by atoms with Gasteiger partial charge < -0.3 is 9.64 Å². The predicted molar refractivity (Wildman–Crippen MR) is 80.8 cm³/mol. The van der Waals surface area contributed by atoms with Gasteiger partial charge in [-0.2, -0.15) is 0 Å². The molecule has 0 unspecified atom stereocenters. The molecule has 1 heterocycles. The lowest BCUT2D eigenvalue weighted by atomic mass is 10.1. The average Bonchev–Trinajstić information content (AvgIpc) is 2.62. The van der Waals surface area contributed by atoms with Gasteiger partial charge in [0.1, 0.15) is 6.61 Å². The summed E-state index contributed by atoms with van der Waals surface area (Å²) in [6, 6.07) is 12.6. The second-order valence-corrected chi connectivity index (χ2v) is 5.74. The van der Waals surface area contributed by atoms with Crippen molar-refractivity contribution in [1.29, 1.82) is 0 Å². The van der Waals surface area contributed by atoms with E-state index in [1.807, 2.05) is 30.3 Å². The van der Waals surface area contributed by atoms with Crippen molar-refractivity contribution in [2.24, 2.45) is 0 Å². The molecule has 2 aromatic carbocycles. The highest BCUT2D eigenvalue weighted by Crippen LogP contribution is 2.30. The SMILES string of the molecule is O=C1c2cc(Br)cc(F)c2OCCN1Cc1ccccc1. The first kappa shape index (κ1) is 14.1. The van der Waals surface area contributed by atoms with Crippen LogP contribution in [-0.4, -0.2) is 24.0 Å². The number of halogens is 2. The van der Waals surface area contributed by atoms with Crippen molar-refractivity contribution >= 4 is 21.8 Å². The van der Waals surface area contributed by atoms with Crippen LogP contribution in [0, 0.1) is 5.82 Å². The van der Waals surface area contributed by atoms with E-state index in [-0.39, 0.29) is 23.8 Å². The standard InChI is InChI=1S/C16H13BrFNO2/c17-12-8-13-15(14(18)9-12)21-7-6-19(16(13)20)10-11-4-2-1-3-5-11/h1-5,8-9H,6-7,10H2. The maximum atomic E-state index is 13.9. The van der Waals surface area contributed by atoms with E-state index in [2.05, 4.69) is 15.9 Å². The maximum Gasteiger partial charge on any atom is 0.258 e. The first-order valence-corrected chi connectivity index (χ1v) is 7.39. The molecule has 2 aromatic rings. The number of hydrogen-bond donors (Lipinski definition) is 0. The highest BCUT2D eigenvalue weighted by atomic mass is 79.9. The van der Waals surface area contributed by atoms with E-state index in [9.17, 15) is 9.18 Å². The number of carbonyl (C=O) groups excluding carboxylic acids is 1. The van der Waals surface area contributed by atoms with Crippen LogP contribution >= 0.6 is 15.9 Å². The zero-order valence-corrected chi connectivity index (χ0v) is 12.8. The van der Waals surface area contributed by atoms with Gasteiger partial charge in [-0.1, -0.05) is 46.3 Å². The highest BCUT2D eigenvalue weighted by molar-refractivity contribution is 9.10. The van der Waals surface area contributed by atoms with Crippen LogP contribution in [0.1, 0.15) is 15.9 Å². The largest absolute Gasteiger partial charge is 0.488 e. The summed E-state index contributed by atoms with van der Waals surface area (Å²) in [6.45, 7) is 1.19. The first-order chi connectivity index (χ1) is 10.1. The van der Waals surface area contributed by atoms with E-state index in [0.717, 1.165) is 5.56 Å². The van der Waals surface area contributed by atoms with Gasteiger partial charge in [-0.3, -0.25) is 4.79 Å². The molecule has 0 atom stereocenters. The minimum atomic E-state index is -0.519. The Morgan fingerprint density at radius 1 is 1.24 bits per heavy atom. The molecule has 3 rings (SSSR count). The second-order valence-electron chi connectivity index (χ2n) is 4.83. The first-order valence-electron chi connectivity index (χ1n) is 6.60. The summed E-state index contributed by atoms with van der Waals surface area (Å²) in [4.78, 5) is 14.3. The van der Waals surface area contributed by atoms with Crippen LogP contribution in [0.3, 0.4) is 0 Å². The van der Waals surface area contributed by atoms with E-state index in [1.165, 1.54) is 6.07 Å². The number of nitrogens with zero attached hydrogens (tertiary/aromatic N) is 1. The van der Waals surface area contributed by atoms with Gasteiger partial charge in [0.25, 0.3) is 5.91 Å². The number of amides is 1.